The minimum Gasteiger partial charge on any atom is -0.369 e. The van der Waals surface area contributed by atoms with Crippen LogP contribution < -0.4 is 10.2 Å². The van der Waals surface area contributed by atoms with Crippen LogP contribution >= 0.6 is 0 Å². The summed E-state index contributed by atoms with van der Waals surface area (Å²) in [5.74, 6) is -0.968. The molecule has 2 aliphatic rings. The zero-order valence-electron chi connectivity index (χ0n) is 18.5. The Morgan fingerprint density at radius 3 is 2.48 bits per heavy atom. The van der Waals surface area contributed by atoms with E-state index in [1.807, 2.05) is 6.07 Å². The number of benzene rings is 2. The van der Waals surface area contributed by atoms with Gasteiger partial charge in [0.2, 0.25) is 5.95 Å². The van der Waals surface area contributed by atoms with Crippen molar-refractivity contribution in [3.63, 3.8) is 0 Å². The summed E-state index contributed by atoms with van der Waals surface area (Å²) < 4.78 is 34.3. The van der Waals surface area contributed by atoms with E-state index in [4.69, 9.17) is 4.74 Å². The van der Waals surface area contributed by atoms with Gasteiger partial charge >= 0.3 is 0 Å². The van der Waals surface area contributed by atoms with E-state index >= 15 is 0 Å². The molecule has 2 saturated heterocycles. The summed E-state index contributed by atoms with van der Waals surface area (Å²) in [5.41, 5.74) is 3.39. The summed E-state index contributed by atoms with van der Waals surface area (Å²) in [4.78, 5) is 9.04. The van der Waals surface area contributed by atoms with Gasteiger partial charge in [0.25, 0.3) is 0 Å². The fourth-order valence-electron chi connectivity index (χ4n) is 4.40. The first-order chi connectivity index (χ1) is 16.0. The van der Waals surface area contributed by atoms with Crippen molar-refractivity contribution in [2.45, 2.75) is 26.0 Å². The first-order valence-electron chi connectivity index (χ1n) is 11.2. The summed E-state index contributed by atoms with van der Waals surface area (Å²) in [6.07, 6.45) is 6.00. The normalized spacial score (nSPS) is 19.6. The lowest BCUT2D eigenvalue weighted by Crippen LogP contribution is -2.52. The molecular formula is C24H27F2N6O. The van der Waals surface area contributed by atoms with E-state index in [1.165, 1.54) is 23.1 Å². The maximum Gasteiger partial charge on any atom is 0.246 e. The number of halogens is 2. The average molecular weight is 454 g/mol. The number of piperazine rings is 1. The van der Waals surface area contributed by atoms with Crippen molar-refractivity contribution in [2.75, 3.05) is 43.0 Å². The SMILES string of the molecule is Cc1cc(Nc2ncn(-c3cc(F)cc(F)c3)n2)cc(N2CCN(C3C[CH]CCO3)CC2)c1. The van der Waals surface area contributed by atoms with Crippen LogP contribution in [0.1, 0.15) is 18.4 Å². The number of anilines is 3. The molecule has 0 amide bonds. The first-order valence-corrected chi connectivity index (χ1v) is 11.2. The van der Waals surface area contributed by atoms with Gasteiger partial charge in [-0.25, -0.2) is 13.5 Å². The van der Waals surface area contributed by atoms with E-state index < -0.39 is 11.6 Å². The molecule has 2 aliphatic heterocycles. The fraction of sp³-hybridized carbons (Fsp3) is 0.375. The Bertz CT molecular complexity index is 1090. The Kier molecular flexibility index (Phi) is 6.24. The number of aryl methyl sites for hydroxylation is 1. The lowest BCUT2D eigenvalue weighted by atomic mass is 10.1. The monoisotopic (exact) mass is 453 g/mol. The topological polar surface area (TPSA) is 58.5 Å². The van der Waals surface area contributed by atoms with E-state index in [0.717, 1.165) is 68.6 Å². The summed E-state index contributed by atoms with van der Waals surface area (Å²) in [7, 11) is 0. The Labute approximate surface area is 192 Å². The van der Waals surface area contributed by atoms with Gasteiger partial charge in [-0.2, -0.15) is 4.98 Å². The second-order valence-corrected chi connectivity index (χ2v) is 8.48. The number of nitrogens with one attached hydrogen (secondary N) is 1. The Morgan fingerprint density at radius 1 is 0.970 bits per heavy atom. The highest BCUT2D eigenvalue weighted by Gasteiger charge is 2.26. The van der Waals surface area contributed by atoms with Crippen molar-refractivity contribution in [1.29, 1.82) is 0 Å². The van der Waals surface area contributed by atoms with E-state index in [9.17, 15) is 8.78 Å². The third kappa shape index (κ3) is 5.15. The molecule has 2 aromatic carbocycles. The lowest BCUT2D eigenvalue weighted by molar-refractivity contribution is -0.0748. The van der Waals surface area contributed by atoms with Crippen LogP contribution in [0.15, 0.2) is 42.7 Å². The van der Waals surface area contributed by atoms with Crippen LogP contribution in [0.2, 0.25) is 0 Å². The van der Waals surface area contributed by atoms with Gasteiger partial charge in [-0.05, 0) is 62.1 Å². The smallest absolute Gasteiger partial charge is 0.246 e. The average Bonchev–Trinajstić information content (AvgIpc) is 3.27. The van der Waals surface area contributed by atoms with E-state index in [1.54, 1.807) is 0 Å². The predicted octanol–water partition coefficient (Wildman–Crippen LogP) is 4.06. The largest absolute Gasteiger partial charge is 0.369 e. The fourth-order valence-corrected chi connectivity index (χ4v) is 4.40. The molecule has 173 valence electrons. The number of rotatable bonds is 5. The molecule has 0 spiro atoms. The zero-order chi connectivity index (χ0) is 22.8. The third-order valence-electron chi connectivity index (χ3n) is 6.01. The highest BCUT2D eigenvalue weighted by Crippen LogP contribution is 2.26. The molecule has 1 unspecified atom stereocenters. The molecule has 2 fully saturated rings. The molecule has 0 saturated carbocycles. The molecule has 5 rings (SSSR count). The molecule has 1 aromatic heterocycles. The molecule has 1 radical (unpaired) electrons. The van der Waals surface area contributed by atoms with Crippen LogP contribution in [0, 0.1) is 25.0 Å². The van der Waals surface area contributed by atoms with Gasteiger partial charge in [0, 0.05) is 50.2 Å². The van der Waals surface area contributed by atoms with Gasteiger partial charge in [0.15, 0.2) is 0 Å². The second kappa shape index (κ2) is 9.44. The van der Waals surface area contributed by atoms with Gasteiger partial charge in [-0.1, -0.05) is 0 Å². The Hall–Kier alpha value is -3.04. The zero-order valence-corrected chi connectivity index (χ0v) is 18.5. The van der Waals surface area contributed by atoms with Crippen LogP contribution in [0.25, 0.3) is 5.69 Å². The number of nitrogens with zero attached hydrogens (tertiary/aromatic N) is 5. The van der Waals surface area contributed by atoms with Crippen molar-refractivity contribution in [3.05, 3.63) is 66.3 Å². The van der Waals surface area contributed by atoms with Gasteiger partial charge in [-0.3, -0.25) is 4.90 Å². The van der Waals surface area contributed by atoms with E-state index in [2.05, 4.69) is 50.7 Å². The van der Waals surface area contributed by atoms with E-state index in [0.29, 0.717) is 5.95 Å². The number of aromatic nitrogens is 3. The Balaban J connectivity index is 1.26. The van der Waals surface area contributed by atoms with Gasteiger partial charge in [0.1, 0.15) is 24.2 Å². The quantitative estimate of drug-likeness (QED) is 0.629. The van der Waals surface area contributed by atoms with Crippen molar-refractivity contribution in [2.24, 2.45) is 0 Å². The van der Waals surface area contributed by atoms with Gasteiger partial charge in [0.05, 0.1) is 5.69 Å². The molecular weight excluding hydrogens is 426 g/mol. The summed E-state index contributed by atoms with van der Waals surface area (Å²) in [5, 5.41) is 7.53. The molecule has 3 aromatic rings. The Morgan fingerprint density at radius 2 is 1.76 bits per heavy atom. The predicted molar refractivity (Wildman–Crippen MR) is 123 cm³/mol. The van der Waals surface area contributed by atoms with Crippen LogP contribution in [-0.2, 0) is 4.74 Å². The summed E-state index contributed by atoms with van der Waals surface area (Å²) in [6, 6.07) is 9.52. The molecule has 0 aliphatic carbocycles. The highest BCUT2D eigenvalue weighted by atomic mass is 19.1. The molecule has 7 nitrogen and oxygen atoms in total. The minimum atomic E-state index is -0.661. The maximum atomic E-state index is 13.5. The van der Waals surface area contributed by atoms with Crippen molar-refractivity contribution in [3.8, 4) is 5.69 Å². The number of ether oxygens (including phenoxy) is 1. The van der Waals surface area contributed by atoms with Crippen LogP contribution in [0.4, 0.5) is 26.1 Å². The van der Waals surface area contributed by atoms with Gasteiger partial charge < -0.3 is 15.0 Å². The van der Waals surface area contributed by atoms with Crippen LogP contribution in [-0.4, -0.2) is 58.7 Å². The number of hydrogen-bond donors (Lipinski definition) is 1. The van der Waals surface area contributed by atoms with Crippen molar-refractivity contribution >= 4 is 17.3 Å². The van der Waals surface area contributed by atoms with Crippen molar-refractivity contribution in [1.82, 2.24) is 19.7 Å². The molecule has 9 heteroatoms. The maximum absolute atomic E-state index is 13.5. The molecule has 1 N–H and O–H groups in total. The second-order valence-electron chi connectivity index (χ2n) is 8.48. The van der Waals surface area contributed by atoms with Crippen LogP contribution in [0.5, 0.6) is 0 Å². The minimum absolute atomic E-state index is 0.211. The number of hydrogen-bond acceptors (Lipinski definition) is 6. The lowest BCUT2D eigenvalue weighted by Gasteiger charge is -2.41. The summed E-state index contributed by atoms with van der Waals surface area (Å²) >= 11 is 0. The molecule has 1 atom stereocenters. The van der Waals surface area contributed by atoms with Crippen LogP contribution in [0.3, 0.4) is 0 Å². The standard InChI is InChI=1S/C24H27F2N6O/c1-17-10-20(28-24-27-16-32(29-24)22-13-18(25)12-19(26)14-22)15-21(11-17)30-5-7-31(8-6-30)23-4-2-3-9-33-23/h2,10-16,23H,3-9H2,1H3,(H,28,29). The van der Waals surface area contributed by atoms with Gasteiger partial charge in [-0.15, -0.1) is 5.10 Å². The highest BCUT2D eigenvalue weighted by molar-refractivity contribution is 5.64. The summed E-state index contributed by atoms with van der Waals surface area (Å²) in [6.45, 7) is 6.66. The third-order valence-corrected chi connectivity index (χ3v) is 6.01. The first kappa shape index (κ1) is 21.8. The molecule has 3 heterocycles. The molecule has 33 heavy (non-hydrogen) atoms. The molecule has 0 bridgehead atoms. The van der Waals surface area contributed by atoms with E-state index in [-0.39, 0.29) is 11.9 Å². The van der Waals surface area contributed by atoms with Crippen molar-refractivity contribution < 1.29 is 13.5 Å².